The number of nitrogens with one attached hydrogen (secondary N) is 1. The molecule has 3 aromatic rings. The number of benzene rings is 2. The van der Waals surface area contributed by atoms with E-state index >= 15 is 0 Å². The van der Waals surface area contributed by atoms with E-state index in [0.717, 1.165) is 16.7 Å². The van der Waals surface area contributed by atoms with Crippen LogP contribution in [0.25, 0.3) is 6.08 Å². The molecule has 0 bridgehead atoms. The summed E-state index contributed by atoms with van der Waals surface area (Å²) in [5.74, 6) is 0.462. The molecule has 0 radical (unpaired) electrons. The molecule has 0 unspecified atom stereocenters. The molecule has 5 heteroatoms. The van der Waals surface area contributed by atoms with Crippen LogP contribution >= 0.6 is 0 Å². The lowest BCUT2D eigenvalue weighted by Gasteiger charge is -2.12. The number of ether oxygens (including phenoxy) is 1. The summed E-state index contributed by atoms with van der Waals surface area (Å²) in [5.41, 5.74) is 3.41. The van der Waals surface area contributed by atoms with E-state index < -0.39 is 5.97 Å². The molecule has 5 nitrogen and oxygen atoms in total. The van der Waals surface area contributed by atoms with Gasteiger partial charge in [0.05, 0.1) is 5.56 Å². The number of nitrogens with zero attached hydrogens (tertiary/aromatic N) is 1. The van der Waals surface area contributed by atoms with Crippen LogP contribution < -0.4 is 10.1 Å². The van der Waals surface area contributed by atoms with Gasteiger partial charge in [-0.05, 0) is 42.3 Å². The van der Waals surface area contributed by atoms with E-state index in [1.807, 2.05) is 55.5 Å². The Kier molecular flexibility index (Phi) is 6.41. The van der Waals surface area contributed by atoms with Crippen LogP contribution in [0.3, 0.4) is 0 Å². The summed E-state index contributed by atoms with van der Waals surface area (Å²) in [6, 6.07) is 20.5. The first-order valence-electron chi connectivity index (χ1n) is 8.98. The van der Waals surface area contributed by atoms with Crippen molar-refractivity contribution < 1.29 is 14.6 Å². The second-order valence-electron chi connectivity index (χ2n) is 6.40. The first-order valence-corrected chi connectivity index (χ1v) is 8.98. The molecular formula is C23H22N2O3. The lowest BCUT2D eigenvalue weighted by atomic mass is 10.1. The third-order valence-corrected chi connectivity index (χ3v) is 4.11. The Labute approximate surface area is 164 Å². The van der Waals surface area contributed by atoms with Crippen molar-refractivity contribution in [2.75, 3.05) is 11.9 Å². The molecular weight excluding hydrogens is 352 g/mol. The molecule has 2 N–H and O–H groups in total. The summed E-state index contributed by atoms with van der Waals surface area (Å²) >= 11 is 0. The van der Waals surface area contributed by atoms with Crippen molar-refractivity contribution in [3.8, 4) is 5.75 Å². The second kappa shape index (κ2) is 9.37. The number of anilines is 1. The van der Waals surface area contributed by atoms with Gasteiger partial charge in [0.2, 0.25) is 0 Å². The van der Waals surface area contributed by atoms with Crippen LogP contribution in [0, 0.1) is 0 Å². The van der Waals surface area contributed by atoms with E-state index in [0.29, 0.717) is 24.7 Å². The first kappa shape index (κ1) is 19.2. The van der Waals surface area contributed by atoms with Crippen molar-refractivity contribution in [1.82, 2.24) is 4.98 Å². The molecule has 1 heterocycles. The van der Waals surface area contributed by atoms with E-state index in [-0.39, 0.29) is 5.56 Å². The van der Waals surface area contributed by atoms with Gasteiger partial charge in [0.15, 0.2) is 11.6 Å². The summed E-state index contributed by atoms with van der Waals surface area (Å²) in [5, 5.41) is 12.3. The van der Waals surface area contributed by atoms with Crippen molar-refractivity contribution in [3.05, 3.63) is 95.2 Å². The quantitative estimate of drug-likeness (QED) is 0.588. The summed E-state index contributed by atoms with van der Waals surface area (Å²) in [6.07, 6.45) is 3.73. The second-order valence-corrected chi connectivity index (χ2v) is 6.40. The third-order valence-electron chi connectivity index (χ3n) is 4.11. The highest BCUT2D eigenvalue weighted by atomic mass is 16.5. The Balaban J connectivity index is 1.61. The number of aromatic carboxylic acids is 1. The van der Waals surface area contributed by atoms with Crippen LogP contribution in [-0.4, -0.2) is 22.6 Å². The number of carboxylic acid groups (broad SMARTS) is 1. The maximum atomic E-state index is 10.9. The van der Waals surface area contributed by atoms with Gasteiger partial charge < -0.3 is 15.2 Å². The van der Waals surface area contributed by atoms with Crippen LogP contribution in [0.5, 0.6) is 5.75 Å². The Hall–Kier alpha value is -3.60. The highest BCUT2D eigenvalue weighted by Crippen LogP contribution is 2.22. The lowest BCUT2D eigenvalue weighted by molar-refractivity contribution is 0.0697. The van der Waals surface area contributed by atoms with Crippen molar-refractivity contribution >= 4 is 17.9 Å². The third kappa shape index (κ3) is 5.45. The van der Waals surface area contributed by atoms with E-state index in [9.17, 15) is 4.79 Å². The van der Waals surface area contributed by atoms with Gasteiger partial charge in [-0.15, -0.1) is 0 Å². The molecule has 0 amide bonds. The summed E-state index contributed by atoms with van der Waals surface area (Å²) < 4.78 is 5.91. The molecule has 0 aliphatic carbocycles. The fourth-order valence-electron chi connectivity index (χ4n) is 2.66. The standard InChI is InChI=1S/C23H22N2O3/c1-17(14-18-9-11-20(12-10-18)23(26)27)15-25-22-21(8-5-13-24-22)28-16-19-6-3-2-4-7-19/h2-14H,15-16H2,1H3,(H,24,25)(H,26,27). The normalized spacial score (nSPS) is 11.1. The van der Waals surface area contributed by atoms with E-state index in [1.165, 1.54) is 0 Å². The van der Waals surface area contributed by atoms with Crippen LogP contribution in [0.15, 0.2) is 78.5 Å². The Morgan fingerprint density at radius 3 is 2.54 bits per heavy atom. The number of pyridine rings is 1. The highest BCUT2D eigenvalue weighted by molar-refractivity contribution is 5.87. The predicted octanol–water partition coefficient (Wildman–Crippen LogP) is 4.87. The molecule has 142 valence electrons. The zero-order chi connectivity index (χ0) is 19.8. The van der Waals surface area contributed by atoms with Crippen LogP contribution in [0.4, 0.5) is 5.82 Å². The van der Waals surface area contributed by atoms with E-state index in [2.05, 4.69) is 10.3 Å². The first-order chi connectivity index (χ1) is 13.6. The fraction of sp³-hybridized carbons (Fsp3) is 0.130. The van der Waals surface area contributed by atoms with Crippen molar-refractivity contribution in [1.29, 1.82) is 0 Å². The molecule has 1 aromatic heterocycles. The molecule has 3 rings (SSSR count). The zero-order valence-corrected chi connectivity index (χ0v) is 15.6. The molecule has 0 aliphatic rings. The number of hydrogen-bond acceptors (Lipinski definition) is 4. The van der Waals surface area contributed by atoms with Crippen molar-refractivity contribution in [2.45, 2.75) is 13.5 Å². The average molecular weight is 374 g/mol. The maximum absolute atomic E-state index is 10.9. The van der Waals surface area contributed by atoms with Crippen LogP contribution in [-0.2, 0) is 6.61 Å². The SMILES string of the molecule is CC(=Cc1ccc(C(=O)O)cc1)CNc1ncccc1OCc1ccccc1. The number of hydrogen-bond donors (Lipinski definition) is 2. The van der Waals surface area contributed by atoms with Gasteiger partial charge in [0.25, 0.3) is 0 Å². The van der Waals surface area contributed by atoms with Crippen LogP contribution in [0.2, 0.25) is 0 Å². The minimum Gasteiger partial charge on any atom is -0.485 e. The number of carbonyl (C=O) groups is 1. The van der Waals surface area contributed by atoms with Crippen molar-refractivity contribution in [2.24, 2.45) is 0 Å². The lowest BCUT2D eigenvalue weighted by Crippen LogP contribution is -2.07. The Bertz CT molecular complexity index is 951. The topological polar surface area (TPSA) is 71.5 Å². The van der Waals surface area contributed by atoms with Gasteiger partial charge >= 0.3 is 5.97 Å². The molecule has 0 atom stereocenters. The van der Waals surface area contributed by atoms with E-state index in [4.69, 9.17) is 9.84 Å². The summed E-state index contributed by atoms with van der Waals surface area (Å²) in [6.45, 7) is 3.08. The molecule has 2 aromatic carbocycles. The fourth-order valence-corrected chi connectivity index (χ4v) is 2.66. The minimum absolute atomic E-state index is 0.279. The maximum Gasteiger partial charge on any atom is 0.335 e. The van der Waals surface area contributed by atoms with Gasteiger partial charge in [-0.1, -0.05) is 54.1 Å². The van der Waals surface area contributed by atoms with E-state index in [1.54, 1.807) is 30.5 Å². The molecule has 0 aliphatic heterocycles. The van der Waals surface area contributed by atoms with Gasteiger partial charge in [-0.25, -0.2) is 9.78 Å². The Morgan fingerprint density at radius 1 is 1.07 bits per heavy atom. The van der Waals surface area contributed by atoms with Gasteiger partial charge in [-0.3, -0.25) is 0 Å². The predicted molar refractivity (Wildman–Crippen MR) is 111 cm³/mol. The number of rotatable bonds is 8. The van der Waals surface area contributed by atoms with Crippen molar-refractivity contribution in [3.63, 3.8) is 0 Å². The molecule has 28 heavy (non-hydrogen) atoms. The molecule has 0 spiro atoms. The zero-order valence-electron chi connectivity index (χ0n) is 15.6. The summed E-state index contributed by atoms with van der Waals surface area (Å²) in [7, 11) is 0. The molecule has 0 fully saturated rings. The number of carboxylic acids is 1. The van der Waals surface area contributed by atoms with Gasteiger partial charge in [-0.2, -0.15) is 0 Å². The minimum atomic E-state index is -0.924. The summed E-state index contributed by atoms with van der Waals surface area (Å²) in [4.78, 5) is 15.3. The van der Waals surface area contributed by atoms with Crippen LogP contribution in [0.1, 0.15) is 28.4 Å². The highest BCUT2D eigenvalue weighted by Gasteiger charge is 2.05. The number of aromatic nitrogens is 1. The average Bonchev–Trinajstić information content (AvgIpc) is 2.72. The Morgan fingerprint density at radius 2 is 1.82 bits per heavy atom. The monoisotopic (exact) mass is 374 g/mol. The molecule has 0 saturated carbocycles. The van der Waals surface area contributed by atoms with Gasteiger partial charge in [0, 0.05) is 12.7 Å². The smallest absolute Gasteiger partial charge is 0.335 e. The largest absolute Gasteiger partial charge is 0.485 e. The van der Waals surface area contributed by atoms with Gasteiger partial charge in [0.1, 0.15) is 6.61 Å². The molecule has 0 saturated heterocycles.